The van der Waals surface area contributed by atoms with Crippen molar-refractivity contribution >= 4 is 11.9 Å². The van der Waals surface area contributed by atoms with Crippen molar-refractivity contribution in [2.45, 2.75) is 20.3 Å². The van der Waals surface area contributed by atoms with Crippen LogP contribution in [0.5, 0.6) is 0 Å². The molecule has 0 aromatic carbocycles. The molecule has 0 aliphatic carbocycles. The average Bonchev–Trinajstić information content (AvgIpc) is 2.58. The van der Waals surface area contributed by atoms with E-state index in [9.17, 15) is 4.79 Å². The first-order valence-corrected chi connectivity index (χ1v) is 5.20. The van der Waals surface area contributed by atoms with Gasteiger partial charge >= 0.3 is 0 Å². The molecular weight excluding hydrogens is 208 g/mol. The Labute approximate surface area is 93.4 Å². The van der Waals surface area contributed by atoms with Gasteiger partial charge in [0.1, 0.15) is 11.6 Å². The van der Waals surface area contributed by atoms with E-state index in [2.05, 4.69) is 15.0 Å². The molecule has 1 atom stereocenters. The van der Waals surface area contributed by atoms with Crippen LogP contribution in [0, 0.1) is 19.8 Å². The van der Waals surface area contributed by atoms with Crippen molar-refractivity contribution in [3.63, 3.8) is 0 Å². The standard InChI is InChI=1S/C10H14N4O2/c1-6-11-7(2)13-10(12-6)14-4-8(5-15)3-9(14)16/h8,15H,3-5H2,1-2H3. The van der Waals surface area contributed by atoms with Crippen molar-refractivity contribution in [2.24, 2.45) is 5.92 Å². The summed E-state index contributed by atoms with van der Waals surface area (Å²) in [6.07, 6.45) is 0.361. The number of hydrogen-bond acceptors (Lipinski definition) is 5. The van der Waals surface area contributed by atoms with E-state index in [-0.39, 0.29) is 18.4 Å². The average molecular weight is 222 g/mol. The molecule has 6 nitrogen and oxygen atoms in total. The van der Waals surface area contributed by atoms with Crippen molar-refractivity contribution in [2.75, 3.05) is 18.1 Å². The van der Waals surface area contributed by atoms with E-state index in [1.54, 1.807) is 13.8 Å². The molecule has 1 amide bonds. The summed E-state index contributed by atoms with van der Waals surface area (Å²) in [6.45, 7) is 4.04. The summed E-state index contributed by atoms with van der Waals surface area (Å²) in [5.41, 5.74) is 0. The fourth-order valence-electron chi connectivity index (χ4n) is 1.82. The Balaban J connectivity index is 2.27. The second kappa shape index (κ2) is 4.13. The number of aromatic nitrogens is 3. The second-order valence-electron chi connectivity index (χ2n) is 3.99. The quantitative estimate of drug-likeness (QED) is 0.751. The number of aliphatic hydroxyl groups is 1. The van der Waals surface area contributed by atoms with Crippen LogP contribution in [0.25, 0.3) is 0 Å². The van der Waals surface area contributed by atoms with Gasteiger partial charge in [0, 0.05) is 25.5 Å². The fraction of sp³-hybridized carbons (Fsp3) is 0.600. The van der Waals surface area contributed by atoms with Gasteiger partial charge in [-0.25, -0.2) is 4.98 Å². The molecule has 0 saturated carbocycles. The van der Waals surface area contributed by atoms with Crippen molar-refractivity contribution in [1.82, 2.24) is 15.0 Å². The summed E-state index contributed by atoms with van der Waals surface area (Å²) in [5, 5.41) is 9.03. The van der Waals surface area contributed by atoms with E-state index >= 15 is 0 Å². The van der Waals surface area contributed by atoms with Crippen LogP contribution in [0.4, 0.5) is 5.95 Å². The number of hydrogen-bond donors (Lipinski definition) is 1. The molecule has 1 N–H and O–H groups in total. The Hall–Kier alpha value is -1.56. The number of rotatable bonds is 2. The summed E-state index contributed by atoms with van der Waals surface area (Å²) in [5.74, 6) is 1.55. The third kappa shape index (κ3) is 2.01. The number of aliphatic hydroxyl groups excluding tert-OH is 1. The lowest BCUT2D eigenvalue weighted by Crippen LogP contribution is -2.27. The highest BCUT2D eigenvalue weighted by molar-refractivity contribution is 5.94. The Morgan fingerprint density at radius 2 is 1.94 bits per heavy atom. The zero-order valence-electron chi connectivity index (χ0n) is 9.34. The maximum atomic E-state index is 11.7. The molecule has 1 aliphatic rings. The number of aryl methyl sites for hydroxylation is 2. The lowest BCUT2D eigenvalue weighted by Gasteiger charge is -2.14. The van der Waals surface area contributed by atoms with Crippen molar-refractivity contribution in [3.8, 4) is 0 Å². The summed E-state index contributed by atoms with van der Waals surface area (Å²) in [7, 11) is 0. The van der Waals surface area contributed by atoms with Crippen LogP contribution >= 0.6 is 0 Å². The summed E-state index contributed by atoms with van der Waals surface area (Å²) < 4.78 is 0. The number of nitrogens with zero attached hydrogens (tertiary/aromatic N) is 4. The van der Waals surface area contributed by atoms with E-state index in [0.717, 1.165) is 0 Å². The fourth-order valence-corrected chi connectivity index (χ4v) is 1.82. The second-order valence-corrected chi connectivity index (χ2v) is 3.99. The molecule has 1 unspecified atom stereocenters. The van der Waals surface area contributed by atoms with Gasteiger partial charge in [0.25, 0.3) is 0 Å². The van der Waals surface area contributed by atoms with Crippen LogP contribution in [0.3, 0.4) is 0 Å². The molecule has 0 radical (unpaired) electrons. The first-order chi connectivity index (χ1) is 7.60. The van der Waals surface area contributed by atoms with Gasteiger partial charge in [-0.2, -0.15) is 9.97 Å². The zero-order chi connectivity index (χ0) is 11.7. The van der Waals surface area contributed by atoms with Gasteiger partial charge in [0.2, 0.25) is 11.9 Å². The van der Waals surface area contributed by atoms with Gasteiger partial charge in [-0.1, -0.05) is 0 Å². The molecule has 16 heavy (non-hydrogen) atoms. The van der Waals surface area contributed by atoms with Crippen molar-refractivity contribution in [3.05, 3.63) is 11.6 Å². The summed E-state index contributed by atoms with van der Waals surface area (Å²) in [6, 6.07) is 0. The van der Waals surface area contributed by atoms with Crippen LogP contribution in [-0.4, -0.2) is 39.1 Å². The lowest BCUT2D eigenvalue weighted by molar-refractivity contribution is -0.117. The smallest absolute Gasteiger partial charge is 0.235 e. The van der Waals surface area contributed by atoms with Gasteiger partial charge in [0.15, 0.2) is 0 Å². The molecule has 1 fully saturated rings. The number of amides is 1. The molecule has 6 heteroatoms. The molecular formula is C10H14N4O2. The highest BCUT2D eigenvalue weighted by atomic mass is 16.3. The largest absolute Gasteiger partial charge is 0.396 e. The molecule has 0 bridgehead atoms. The number of carbonyl (C=O) groups excluding carboxylic acids is 1. The molecule has 2 heterocycles. The zero-order valence-corrected chi connectivity index (χ0v) is 9.34. The van der Waals surface area contributed by atoms with Crippen LogP contribution in [0.1, 0.15) is 18.1 Å². The molecule has 1 aliphatic heterocycles. The Bertz CT molecular complexity index is 401. The lowest BCUT2D eigenvalue weighted by atomic mass is 10.1. The maximum Gasteiger partial charge on any atom is 0.235 e. The normalized spacial score (nSPS) is 20.6. The number of carbonyl (C=O) groups is 1. The maximum absolute atomic E-state index is 11.7. The van der Waals surface area contributed by atoms with E-state index < -0.39 is 0 Å². The Morgan fingerprint density at radius 3 is 2.44 bits per heavy atom. The van der Waals surface area contributed by atoms with Crippen molar-refractivity contribution in [1.29, 1.82) is 0 Å². The van der Waals surface area contributed by atoms with Crippen LogP contribution in [-0.2, 0) is 4.79 Å². The molecule has 1 saturated heterocycles. The third-order valence-corrected chi connectivity index (χ3v) is 2.55. The Kier molecular flexibility index (Phi) is 2.82. The summed E-state index contributed by atoms with van der Waals surface area (Å²) in [4.78, 5) is 25.5. The van der Waals surface area contributed by atoms with Crippen molar-refractivity contribution < 1.29 is 9.90 Å². The van der Waals surface area contributed by atoms with E-state index in [4.69, 9.17) is 5.11 Å². The van der Waals surface area contributed by atoms with Crippen LogP contribution < -0.4 is 4.90 Å². The molecule has 0 spiro atoms. The first-order valence-electron chi connectivity index (χ1n) is 5.20. The highest BCUT2D eigenvalue weighted by Gasteiger charge is 2.31. The van der Waals surface area contributed by atoms with E-state index in [0.29, 0.717) is 30.6 Å². The van der Waals surface area contributed by atoms with E-state index in [1.807, 2.05) is 0 Å². The summed E-state index contributed by atoms with van der Waals surface area (Å²) >= 11 is 0. The van der Waals surface area contributed by atoms with Gasteiger partial charge in [-0.05, 0) is 13.8 Å². The van der Waals surface area contributed by atoms with Gasteiger partial charge in [0.05, 0.1) is 0 Å². The molecule has 1 aromatic rings. The molecule has 2 rings (SSSR count). The monoisotopic (exact) mass is 222 g/mol. The number of anilines is 1. The first kappa shape index (κ1) is 10.9. The van der Waals surface area contributed by atoms with Crippen LogP contribution in [0.2, 0.25) is 0 Å². The van der Waals surface area contributed by atoms with Gasteiger partial charge < -0.3 is 5.11 Å². The minimum absolute atomic E-state index is 0.00937. The highest BCUT2D eigenvalue weighted by Crippen LogP contribution is 2.21. The minimum atomic E-state index is -0.0379. The van der Waals surface area contributed by atoms with E-state index in [1.165, 1.54) is 4.90 Å². The Morgan fingerprint density at radius 1 is 1.31 bits per heavy atom. The molecule has 1 aromatic heterocycles. The molecule has 86 valence electrons. The SMILES string of the molecule is Cc1nc(C)nc(N2CC(CO)CC2=O)n1. The predicted octanol–water partition coefficient (Wildman–Crippen LogP) is -0.166. The minimum Gasteiger partial charge on any atom is -0.396 e. The predicted molar refractivity (Wildman–Crippen MR) is 56.8 cm³/mol. The van der Waals surface area contributed by atoms with Gasteiger partial charge in [-0.3, -0.25) is 9.69 Å². The third-order valence-electron chi connectivity index (χ3n) is 2.55. The van der Waals surface area contributed by atoms with Gasteiger partial charge in [-0.15, -0.1) is 0 Å². The van der Waals surface area contributed by atoms with Crippen LogP contribution in [0.15, 0.2) is 0 Å². The topological polar surface area (TPSA) is 79.2 Å².